The van der Waals surface area contributed by atoms with Gasteiger partial charge in [0.1, 0.15) is 42.2 Å². The lowest BCUT2D eigenvalue weighted by molar-refractivity contribution is -0.0729. The molecule has 0 saturated carbocycles. The van der Waals surface area contributed by atoms with E-state index in [4.69, 9.17) is 20.3 Å². The van der Waals surface area contributed by atoms with E-state index in [0.717, 1.165) is 0 Å². The van der Waals surface area contributed by atoms with Crippen LogP contribution in [0, 0.1) is 0 Å². The highest BCUT2D eigenvalue weighted by Crippen LogP contribution is 2.57. The highest BCUT2D eigenvalue weighted by atomic mass is 31.3. The molecule has 1 spiro atoms. The van der Waals surface area contributed by atoms with E-state index >= 15 is 0 Å². The second-order valence-corrected chi connectivity index (χ2v) is 9.61. The number of phosphoric ester groups is 1. The fourth-order valence-electron chi connectivity index (χ4n) is 3.68. The van der Waals surface area contributed by atoms with Crippen molar-refractivity contribution < 1.29 is 47.6 Å². The Bertz CT molecular complexity index is 820. The number of aliphatic hydroxyl groups is 2. The topological polar surface area (TPSA) is 220 Å². The molecule has 28 heavy (non-hydrogen) atoms. The van der Waals surface area contributed by atoms with E-state index in [9.17, 15) is 24.2 Å². The second kappa shape index (κ2) is 6.60. The molecular formula is C11H19N5O10P2. The number of ether oxygens (including phenoxy) is 1. The number of rotatable bonds is 6. The molecule has 0 aromatic carbocycles. The number of hydrogen-bond acceptors (Lipinski definition) is 12. The van der Waals surface area contributed by atoms with Crippen LogP contribution in [0.2, 0.25) is 0 Å². The molecule has 4 aliphatic rings. The van der Waals surface area contributed by atoms with Gasteiger partial charge >= 0.3 is 15.6 Å². The van der Waals surface area contributed by atoms with Crippen molar-refractivity contribution in [1.29, 1.82) is 0 Å². The van der Waals surface area contributed by atoms with E-state index in [1.807, 2.05) is 4.90 Å². The van der Waals surface area contributed by atoms with Crippen LogP contribution in [-0.4, -0.2) is 103 Å². The maximum atomic E-state index is 11.5. The quantitative estimate of drug-likeness (QED) is 0.175. The molecule has 8 atom stereocenters. The van der Waals surface area contributed by atoms with Gasteiger partial charge in [0.2, 0.25) is 0 Å². The molecule has 0 aliphatic carbocycles. The van der Waals surface area contributed by atoms with Crippen LogP contribution in [-0.2, 0) is 22.7 Å². The van der Waals surface area contributed by atoms with Gasteiger partial charge in [-0.2, -0.15) is 4.31 Å². The summed E-state index contributed by atoms with van der Waals surface area (Å²) in [6.07, 6.45) is -4.46. The first-order valence-electron chi connectivity index (χ1n) is 8.08. The molecule has 3 unspecified atom stereocenters. The predicted octanol–water partition coefficient (Wildman–Crippen LogP) is -3.29. The van der Waals surface area contributed by atoms with Crippen LogP contribution in [0.25, 0.3) is 0 Å². The minimum absolute atomic E-state index is 0.317. The van der Waals surface area contributed by atoms with E-state index in [1.54, 1.807) is 4.90 Å². The van der Waals surface area contributed by atoms with Gasteiger partial charge in [0, 0.05) is 6.54 Å². The Hall–Kier alpha value is -0.800. The first-order chi connectivity index (χ1) is 12.9. The number of hydrogen-bond donors (Lipinski definition) is 6. The summed E-state index contributed by atoms with van der Waals surface area (Å²) >= 11 is 0. The van der Waals surface area contributed by atoms with E-state index in [0.29, 0.717) is 19.0 Å². The van der Waals surface area contributed by atoms with Gasteiger partial charge < -0.3 is 40.3 Å². The lowest BCUT2D eigenvalue weighted by Gasteiger charge is -2.32. The number of aliphatic hydroxyl groups excluding tert-OH is 2. The number of phosphoric acid groups is 2. The molecule has 3 saturated heterocycles. The zero-order chi connectivity index (χ0) is 20.5. The third kappa shape index (κ3) is 3.37. The van der Waals surface area contributed by atoms with Gasteiger partial charge in [-0.15, -0.1) is 0 Å². The highest BCUT2D eigenvalue weighted by molar-refractivity contribution is 7.60. The first-order valence-corrected chi connectivity index (χ1v) is 11.1. The summed E-state index contributed by atoms with van der Waals surface area (Å²) in [6, 6.07) is 0. The van der Waals surface area contributed by atoms with Crippen LogP contribution in [0.5, 0.6) is 0 Å². The van der Waals surface area contributed by atoms with Crippen molar-refractivity contribution in [2.24, 2.45) is 15.7 Å². The molecule has 0 aromatic rings. The van der Waals surface area contributed by atoms with E-state index in [1.165, 1.54) is 6.34 Å². The predicted molar refractivity (Wildman–Crippen MR) is 89.6 cm³/mol. The smallest absolute Gasteiger partial charge is 0.387 e. The second-order valence-electron chi connectivity index (χ2n) is 6.78. The molecule has 3 fully saturated rings. The largest absolute Gasteiger partial charge is 0.481 e. The Balaban J connectivity index is 1.43. The molecule has 0 bridgehead atoms. The molecule has 0 radical (unpaired) electrons. The summed E-state index contributed by atoms with van der Waals surface area (Å²) in [4.78, 5) is 38.4. The fraction of sp³-hybridized carbons (Fsp3) is 0.818. The molecule has 0 aromatic heterocycles. The normalized spacial score (nSPS) is 44.1. The number of nitrogens with zero attached hydrogens (tertiary/aromatic N) is 4. The number of nitrogens with two attached hydrogens (primary N) is 1. The van der Waals surface area contributed by atoms with Gasteiger partial charge in [0.15, 0.2) is 6.23 Å². The Morgan fingerprint density at radius 3 is 2.71 bits per heavy atom. The lowest BCUT2D eigenvalue weighted by atomic mass is 10.0. The molecule has 4 rings (SSSR count). The standard InChI is InChI=1S/C11H19N5O10P2/c12-9-11-2-15(11)4-16(10(11)14-3-13-9)8-7(18)6(17)5(25-8)1-24-28(22,23)26-27(19,20)21/h3,5-9,17-18H,1-2,4,12H2,(H,22,23)(H2,19,20,21)/t5-,6-,7-,8-,9?,11+,15?/m1/s1. The van der Waals surface area contributed by atoms with Crippen molar-refractivity contribution >= 4 is 27.8 Å². The minimum Gasteiger partial charge on any atom is -0.387 e. The Labute approximate surface area is 157 Å². The molecular weight excluding hydrogens is 424 g/mol. The minimum atomic E-state index is -5.27. The summed E-state index contributed by atoms with van der Waals surface area (Å²) in [7, 11) is -10.4. The molecule has 158 valence electrons. The zero-order valence-corrected chi connectivity index (χ0v) is 15.9. The summed E-state index contributed by atoms with van der Waals surface area (Å²) in [5.41, 5.74) is 5.46. The van der Waals surface area contributed by atoms with Crippen LogP contribution in [0.1, 0.15) is 0 Å². The van der Waals surface area contributed by atoms with Gasteiger partial charge in [-0.05, 0) is 0 Å². The fourth-order valence-corrected chi connectivity index (χ4v) is 5.28. The van der Waals surface area contributed by atoms with Crippen molar-refractivity contribution in [2.75, 3.05) is 19.8 Å². The van der Waals surface area contributed by atoms with Crippen LogP contribution < -0.4 is 5.73 Å². The van der Waals surface area contributed by atoms with Gasteiger partial charge in [0.05, 0.1) is 13.3 Å². The molecule has 0 amide bonds. The van der Waals surface area contributed by atoms with E-state index in [2.05, 4.69) is 18.8 Å². The maximum Gasteiger partial charge on any atom is 0.481 e. The van der Waals surface area contributed by atoms with Crippen LogP contribution >= 0.6 is 15.6 Å². The van der Waals surface area contributed by atoms with Gasteiger partial charge in [-0.3, -0.25) is 14.4 Å². The van der Waals surface area contributed by atoms with Crippen LogP contribution in [0.4, 0.5) is 0 Å². The Kier molecular flexibility index (Phi) is 4.83. The molecule has 4 heterocycles. The van der Waals surface area contributed by atoms with Crippen molar-refractivity contribution in [3.8, 4) is 0 Å². The first kappa shape index (κ1) is 20.5. The highest BCUT2D eigenvalue weighted by Gasteiger charge is 2.69. The third-order valence-corrected chi connectivity index (χ3v) is 7.18. The Morgan fingerprint density at radius 2 is 2.04 bits per heavy atom. The lowest BCUT2D eigenvalue weighted by Crippen LogP contribution is -2.53. The van der Waals surface area contributed by atoms with Gasteiger partial charge in [-0.25, -0.2) is 14.1 Å². The third-order valence-electron chi connectivity index (χ3n) is 5.03. The molecule has 17 heteroatoms. The Morgan fingerprint density at radius 1 is 1.32 bits per heavy atom. The maximum absolute atomic E-state index is 11.5. The van der Waals surface area contributed by atoms with Crippen molar-refractivity contribution in [2.45, 2.75) is 36.2 Å². The van der Waals surface area contributed by atoms with E-state index in [-0.39, 0.29) is 0 Å². The summed E-state index contributed by atoms with van der Waals surface area (Å²) in [5.74, 6) is 0.533. The van der Waals surface area contributed by atoms with Crippen LogP contribution in [0.3, 0.4) is 0 Å². The monoisotopic (exact) mass is 443 g/mol. The van der Waals surface area contributed by atoms with Gasteiger partial charge in [0.25, 0.3) is 0 Å². The van der Waals surface area contributed by atoms with Crippen LogP contribution in [0.15, 0.2) is 9.98 Å². The molecule has 15 nitrogen and oxygen atoms in total. The van der Waals surface area contributed by atoms with E-state index < -0.39 is 58.5 Å². The number of aliphatic imine (C=N–C) groups is 2. The average Bonchev–Trinajstić information content (AvgIpc) is 3.08. The molecule has 4 aliphatic heterocycles. The van der Waals surface area contributed by atoms with Crippen molar-refractivity contribution in [3.63, 3.8) is 0 Å². The zero-order valence-electron chi connectivity index (χ0n) is 14.1. The number of amidine groups is 1. The summed E-state index contributed by atoms with van der Waals surface area (Å²) < 4.78 is 35.9. The summed E-state index contributed by atoms with van der Waals surface area (Å²) in [5, 5.41) is 20.6. The van der Waals surface area contributed by atoms with Crippen molar-refractivity contribution in [3.05, 3.63) is 0 Å². The SMILES string of the molecule is NC1N=CN=C2N([C@@H]3O[C@H](COP(=O)(O)OP(=O)(O)O)[C@@H](O)[C@H]3O)CN3C[C@@]213. The average molecular weight is 443 g/mol. The van der Waals surface area contributed by atoms with Gasteiger partial charge in [-0.1, -0.05) is 0 Å². The molecule has 7 N–H and O–H groups in total. The van der Waals surface area contributed by atoms with Crippen molar-refractivity contribution in [1.82, 2.24) is 9.80 Å². The summed E-state index contributed by atoms with van der Waals surface area (Å²) in [6.45, 7) is 0.197.